The first kappa shape index (κ1) is 24.4. The van der Waals surface area contributed by atoms with Crippen molar-refractivity contribution in [3.63, 3.8) is 0 Å². The maximum atomic E-state index is 12.5. The molecule has 4 atom stereocenters. The van der Waals surface area contributed by atoms with Crippen molar-refractivity contribution in [3.8, 4) is 28.7 Å². The highest BCUT2D eigenvalue weighted by Crippen LogP contribution is 2.54. The van der Waals surface area contributed by atoms with Crippen LogP contribution in [-0.2, 0) is 4.79 Å². The third kappa shape index (κ3) is 3.79. The molecule has 0 amide bonds. The van der Waals surface area contributed by atoms with E-state index in [1.54, 1.807) is 18.2 Å². The number of aliphatic carboxylic acids is 1. The number of aliphatic hydroxyl groups is 3. The Bertz CT molecular complexity index is 1010. The number of carboxylic acid groups (broad SMARTS) is 1. The molecule has 0 fully saturated rings. The Hall–Kier alpha value is -3.21. The summed E-state index contributed by atoms with van der Waals surface area (Å²) in [4.78, 5) is 12.5. The van der Waals surface area contributed by atoms with E-state index in [2.05, 4.69) is 0 Å². The van der Waals surface area contributed by atoms with Crippen molar-refractivity contribution in [3.05, 3.63) is 41.0 Å². The van der Waals surface area contributed by atoms with Gasteiger partial charge in [0.1, 0.15) is 17.6 Å². The predicted molar refractivity (Wildman–Crippen MR) is 116 cm³/mol. The lowest BCUT2D eigenvalue weighted by Crippen LogP contribution is -2.55. The molecule has 33 heavy (non-hydrogen) atoms. The molecule has 0 aromatic heterocycles. The average Bonchev–Trinajstić information content (AvgIpc) is 2.83. The van der Waals surface area contributed by atoms with E-state index >= 15 is 0 Å². The van der Waals surface area contributed by atoms with Crippen molar-refractivity contribution in [2.75, 3.05) is 42.2 Å². The summed E-state index contributed by atoms with van der Waals surface area (Å²) >= 11 is 0. The lowest BCUT2D eigenvalue weighted by atomic mass is 9.62. The van der Waals surface area contributed by atoms with Gasteiger partial charge in [-0.1, -0.05) is 0 Å². The zero-order valence-electron chi connectivity index (χ0n) is 19.0. The highest BCUT2D eigenvalue weighted by Gasteiger charge is 2.57. The molecule has 3 rings (SSSR count). The minimum atomic E-state index is -2.40. The van der Waals surface area contributed by atoms with Crippen LogP contribution in [0.3, 0.4) is 0 Å². The zero-order chi connectivity index (χ0) is 24.5. The van der Waals surface area contributed by atoms with Crippen LogP contribution >= 0.6 is 0 Å². The van der Waals surface area contributed by atoms with Gasteiger partial charge in [-0.05, 0) is 41.0 Å². The van der Waals surface area contributed by atoms with Gasteiger partial charge in [0.15, 0.2) is 23.0 Å². The number of fused-ring (bicyclic) bond motifs is 1. The van der Waals surface area contributed by atoms with E-state index in [1.807, 2.05) is 0 Å². The topological polar surface area (TPSA) is 144 Å². The molecule has 0 aliphatic heterocycles. The first-order valence-electron chi connectivity index (χ1n) is 10.0. The SMILES string of the molecule is COc1cc2c(cc1OC)[C@@H](O)[C@](O)(CO)[C@H](C(=O)O)[C@@H]2c1cc(OC)c(OC)c(OC)c1. The molecule has 10 heteroatoms. The summed E-state index contributed by atoms with van der Waals surface area (Å²) in [6.07, 6.45) is -1.71. The number of aliphatic hydroxyl groups excluding tert-OH is 2. The molecular weight excluding hydrogens is 436 g/mol. The number of hydrogen-bond donors (Lipinski definition) is 4. The molecule has 1 aliphatic rings. The molecule has 2 aromatic carbocycles. The highest BCUT2D eigenvalue weighted by molar-refractivity contribution is 5.76. The molecular formula is C23H28O10. The van der Waals surface area contributed by atoms with Gasteiger partial charge >= 0.3 is 5.97 Å². The number of rotatable bonds is 8. The second-order valence-corrected chi connectivity index (χ2v) is 7.64. The van der Waals surface area contributed by atoms with Crippen molar-refractivity contribution in [2.45, 2.75) is 17.6 Å². The van der Waals surface area contributed by atoms with Crippen LogP contribution in [-0.4, -0.2) is 74.2 Å². The number of ether oxygens (including phenoxy) is 5. The Morgan fingerprint density at radius 1 is 0.848 bits per heavy atom. The molecule has 0 unspecified atom stereocenters. The normalized spacial score (nSPS) is 23.9. The second-order valence-electron chi connectivity index (χ2n) is 7.64. The average molecular weight is 464 g/mol. The molecule has 0 saturated carbocycles. The van der Waals surface area contributed by atoms with Crippen LogP contribution in [0, 0.1) is 5.92 Å². The highest BCUT2D eigenvalue weighted by atomic mass is 16.5. The van der Waals surface area contributed by atoms with Gasteiger partial charge in [-0.25, -0.2) is 0 Å². The maximum absolute atomic E-state index is 12.5. The van der Waals surface area contributed by atoms with Crippen LogP contribution in [0.1, 0.15) is 28.7 Å². The summed E-state index contributed by atoms with van der Waals surface area (Å²) in [5, 5.41) is 42.4. The van der Waals surface area contributed by atoms with Crippen LogP contribution in [0.25, 0.3) is 0 Å². The van der Waals surface area contributed by atoms with Gasteiger partial charge in [-0.15, -0.1) is 0 Å². The molecule has 2 aromatic rings. The molecule has 0 heterocycles. The predicted octanol–water partition coefficient (Wildman–Crippen LogP) is 1.33. The van der Waals surface area contributed by atoms with Crippen LogP contribution in [0.2, 0.25) is 0 Å². The second kappa shape index (κ2) is 9.34. The third-order valence-corrected chi connectivity index (χ3v) is 6.13. The number of hydrogen-bond acceptors (Lipinski definition) is 9. The van der Waals surface area contributed by atoms with Gasteiger partial charge in [0.05, 0.1) is 42.2 Å². The Balaban J connectivity index is 2.42. The van der Waals surface area contributed by atoms with Crippen LogP contribution in [0.15, 0.2) is 24.3 Å². The lowest BCUT2D eigenvalue weighted by Gasteiger charge is -2.46. The van der Waals surface area contributed by atoms with Gasteiger partial charge in [0.2, 0.25) is 5.75 Å². The molecule has 0 bridgehead atoms. The van der Waals surface area contributed by atoms with Crippen molar-refractivity contribution in [1.82, 2.24) is 0 Å². The summed E-state index contributed by atoms with van der Waals surface area (Å²) in [5.41, 5.74) is -1.44. The molecule has 180 valence electrons. The van der Waals surface area contributed by atoms with Crippen molar-refractivity contribution in [2.24, 2.45) is 5.92 Å². The van der Waals surface area contributed by atoms with Crippen LogP contribution < -0.4 is 23.7 Å². The fourth-order valence-corrected chi connectivity index (χ4v) is 4.52. The Labute approximate surface area is 190 Å². The molecule has 0 spiro atoms. The van der Waals surface area contributed by atoms with Crippen LogP contribution in [0.5, 0.6) is 28.7 Å². The summed E-state index contributed by atoms with van der Waals surface area (Å²) in [6.45, 7) is -1.00. The number of methoxy groups -OCH3 is 5. The summed E-state index contributed by atoms with van der Waals surface area (Å²) < 4.78 is 26.9. The summed E-state index contributed by atoms with van der Waals surface area (Å²) in [5.74, 6) is -2.65. The summed E-state index contributed by atoms with van der Waals surface area (Å²) in [7, 11) is 7.12. The minimum Gasteiger partial charge on any atom is -0.493 e. The number of carboxylic acids is 1. The third-order valence-electron chi connectivity index (χ3n) is 6.13. The standard InChI is InChI=1S/C23H28O10/c1-29-14-8-12-13(9-15(14)30-2)21(25)23(28,10-24)19(22(26)27)18(12)11-6-16(31-3)20(33-5)17(7-11)32-4/h6-9,18-19,21,24-25,28H,10H2,1-5H3,(H,26,27)/t18-,19+,21-,23+/m1/s1. The number of carbonyl (C=O) groups is 1. The lowest BCUT2D eigenvalue weighted by molar-refractivity contribution is -0.181. The Morgan fingerprint density at radius 2 is 1.33 bits per heavy atom. The number of benzene rings is 2. The molecule has 1 aliphatic carbocycles. The Kier molecular flexibility index (Phi) is 6.92. The van der Waals surface area contributed by atoms with E-state index < -0.39 is 36.1 Å². The zero-order valence-corrected chi connectivity index (χ0v) is 19.0. The minimum absolute atomic E-state index is 0.195. The van der Waals surface area contributed by atoms with Gasteiger partial charge in [0, 0.05) is 5.92 Å². The fourth-order valence-electron chi connectivity index (χ4n) is 4.52. The van der Waals surface area contributed by atoms with E-state index in [0.717, 1.165) is 0 Å². The van der Waals surface area contributed by atoms with Crippen molar-refractivity contribution < 1.29 is 48.9 Å². The van der Waals surface area contributed by atoms with E-state index in [4.69, 9.17) is 23.7 Å². The largest absolute Gasteiger partial charge is 0.493 e. The van der Waals surface area contributed by atoms with E-state index in [1.165, 1.54) is 41.6 Å². The van der Waals surface area contributed by atoms with E-state index in [0.29, 0.717) is 22.6 Å². The molecule has 0 radical (unpaired) electrons. The molecule has 0 saturated heterocycles. The first-order valence-corrected chi connectivity index (χ1v) is 10.0. The van der Waals surface area contributed by atoms with E-state index in [-0.39, 0.29) is 22.8 Å². The Morgan fingerprint density at radius 3 is 1.73 bits per heavy atom. The van der Waals surface area contributed by atoms with Gasteiger partial charge in [-0.2, -0.15) is 0 Å². The monoisotopic (exact) mass is 464 g/mol. The van der Waals surface area contributed by atoms with Crippen molar-refractivity contribution >= 4 is 5.97 Å². The van der Waals surface area contributed by atoms with Crippen LogP contribution in [0.4, 0.5) is 0 Å². The van der Waals surface area contributed by atoms with Gasteiger partial charge in [-0.3, -0.25) is 4.79 Å². The first-order chi connectivity index (χ1) is 15.7. The smallest absolute Gasteiger partial charge is 0.310 e. The van der Waals surface area contributed by atoms with Gasteiger partial charge < -0.3 is 44.1 Å². The quantitative estimate of drug-likeness (QED) is 0.452. The van der Waals surface area contributed by atoms with Gasteiger partial charge in [0.25, 0.3) is 0 Å². The maximum Gasteiger partial charge on any atom is 0.310 e. The molecule has 4 N–H and O–H groups in total. The fraction of sp³-hybridized carbons (Fsp3) is 0.435. The summed E-state index contributed by atoms with van der Waals surface area (Å²) in [6, 6.07) is 6.15. The van der Waals surface area contributed by atoms with E-state index in [9.17, 15) is 25.2 Å². The van der Waals surface area contributed by atoms with Crippen molar-refractivity contribution in [1.29, 1.82) is 0 Å². The molecule has 10 nitrogen and oxygen atoms in total.